The normalized spacial score (nSPS) is 30.2. The number of likely N-dealkylation sites (tertiary alicyclic amines) is 1. The lowest BCUT2D eigenvalue weighted by Crippen LogP contribution is -2.50. The van der Waals surface area contributed by atoms with Gasteiger partial charge >= 0.3 is 6.18 Å². The molecule has 0 N–H and O–H groups in total. The van der Waals surface area contributed by atoms with Gasteiger partial charge in [0.15, 0.2) is 0 Å². The van der Waals surface area contributed by atoms with Gasteiger partial charge in [-0.3, -0.25) is 4.98 Å². The molecule has 2 aliphatic heterocycles. The third-order valence-electron chi connectivity index (χ3n) is 6.43. The average molecular weight is 370 g/mol. The van der Waals surface area contributed by atoms with Crippen LogP contribution in [0.3, 0.4) is 0 Å². The van der Waals surface area contributed by atoms with Gasteiger partial charge in [0, 0.05) is 12.2 Å². The Morgan fingerprint density at radius 2 is 1.76 bits per heavy atom. The van der Waals surface area contributed by atoms with E-state index in [1.165, 1.54) is 49.7 Å². The van der Waals surface area contributed by atoms with Crippen LogP contribution in [0.1, 0.15) is 55.7 Å². The van der Waals surface area contributed by atoms with E-state index in [1.54, 1.807) is 6.07 Å². The summed E-state index contributed by atoms with van der Waals surface area (Å²) in [5.41, 5.74) is 0.695. The molecule has 3 heterocycles. The molecule has 4 rings (SSSR count). The molecule has 3 aliphatic rings. The molecule has 0 aromatic carbocycles. The summed E-state index contributed by atoms with van der Waals surface area (Å²) >= 11 is 2.08. The second-order valence-corrected chi connectivity index (χ2v) is 8.99. The number of halogens is 3. The minimum atomic E-state index is -4.35. The molecule has 3 fully saturated rings. The number of rotatable bonds is 2. The van der Waals surface area contributed by atoms with E-state index in [0.29, 0.717) is 11.5 Å². The molecule has 1 aromatic rings. The van der Waals surface area contributed by atoms with Gasteiger partial charge in [0.2, 0.25) is 0 Å². The van der Waals surface area contributed by atoms with Crippen LogP contribution < -0.4 is 0 Å². The fourth-order valence-corrected chi connectivity index (χ4v) is 6.03. The Labute approximate surface area is 151 Å². The highest BCUT2D eigenvalue weighted by molar-refractivity contribution is 8.00. The lowest BCUT2D eigenvalue weighted by molar-refractivity contribution is -0.141. The van der Waals surface area contributed by atoms with E-state index in [-0.39, 0.29) is 5.92 Å². The first-order chi connectivity index (χ1) is 12.0. The van der Waals surface area contributed by atoms with Crippen molar-refractivity contribution in [3.8, 4) is 0 Å². The van der Waals surface area contributed by atoms with E-state index < -0.39 is 11.9 Å². The molecule has 2 saturated heterocycles. The van der Waals surface area contributed by atoms with E-state index in [2.05, 4.69) is 21.6 Å². The minimum Gasteiger partial charge on any atom is -0.300 e. The quantitative estimate of drug-likeness (QED) is 0.732. The lowest BCUT2D eigenvalue weighted by atomic mass is 9.78. The van der Waals surface area contributed by atoms with Gasteiger partial charge in [-0.25, -0.2) is 0 Å². The Kier molecular flexibility index (Phi) is 4.78. The van der Waals surface area contributed by atoms with Crippen molar-refractivity contribution < 1.29 is 13.2 Å². The molecule has 1 saturated carbocycles. The van der Waals surface area contributed by atoms with Crippen molar-refractivity contribution in [2.24, 2.45) is 5.41 Å². The summed E-state index contributed by atoms with van der Waals surface area (Å²) in [6.45, 7) is 2.42. The number of thioether (sulfide) groups is 1. The van der Waals surface area contributed by atoms with Gasteiger partial charge in [0.1, 0.15) is 5.69 Å². The third kappa shape index (κ3) is 3.70. The van der Waals surface area contributed by atoms with Crippen LogP contribution in [-0.2, 0) is 6.18 Å². The summed E-state index contributed by atoms with van der Waals surface area (Å²) in [5.74, 6) is 2.94. The zero-order valence-corrected chi connectivity index (χ0v) is 15.2. The number of hydrogen-bond acceptors (Lipinski definition) is 3. The summed E-state index contributed by atoms with van der Waals surface area (Å²) in [5, 5.41) is 0. The molecule has 0 unspecified atom stereocenters. The lowest BCUT2D eigenvalue weighted by Gasteiger charge is -2.50. The first-order valence-corrected chi connectivity index (χ1v) is 10.5. The molecule has 0 radical (unpaired) electrons. The molecule has 138 valence electrons. The molecule has 1 spiro atoms. The van der Waals surface area contributed by atoms with E-state index >= 15 is 0 Å². The van der Waals surface area contributed by atoms with E-state index in [9.17, 15) is 13.2 Å². The summed E-state index contributed by atoms with van der Waals surface area (Å²) in [7, 11) is 0. The average Bonchev–Trinajstić information content (AvgIpc) is 2.60. The highest BCUT2D eigenvalue weighted by Crippen LogP contribution is 2.47. The minimum absolute atomic E-state index is 0.250. The number of aromatic nitrogens is 1. The van der Waals surface area contributed by atoms with Crippen molar-refractivity contribution in [2.75, 3.05) is 24.6 Å². The van der Waals surface area contributed by atoms with E-state index in [1.807, 2.05) is 0 Å². The molecular weight excluding hydrogens is 345 g/mol. The highest BCUT2D eigenvalue weighted by Gasteiger charge is 2.42. The van der Waals surface area contributed by atoms with Crippen molar-refractivity contribution in [3.05, 3.63) is 29.6 Å². The van der Waals surface area contributed by atoms with Crippen molar-refractivity contribution in [2.45, 2.75) is 56.7 Å². The molecule has 25 heavy (non-hydrogen) atoms. The van der Waals surface area contributed by atoms with Gasteiger partial charge in [-0.15, -0.1) is 0 Å². The molecular formula is C19H25F3N2S. The van der Waals surface area contributed by atoms with Crippen LogP contribution >= 0.6 is 11.8 Å². The zero-order valence-electron chi connectivity index (χ0n) is 14.4. The largest absolute Gasteiger partial charge is 0.433 e. The number of alkyl halides is 3. The van der Waals surface area contributed by atoms with Crippen LogP contribution in [0.15, 0.2) is 18.3 Å². The maximum Gasteiger partial charge on any atom is 0.433 e. The first-order valence-electron chi connectivity index (χ1n) is 9.30. The summed E-state index contributed by atoms with van der Waals surface area (Å²) in [6.07, 6.45) is 3.82. The van der Waals surface area contributed by atoms with Crippen molar-refractivity contribution in [3.63, 3.8) is 0 Å². The number of pyridine rings is 1. The Morgan fingerprint density at radius 3 is 2.32 bits per heavy atom. The first kappa shape index (κ1) is 17.7. The highest BCUT2D eigenvalue weighted by atomic mass is 32.2. The summed E-state index contributed by atoms with van der Waals surface area (Å²) in [6, 6.07) is 3.65. The van der Waals surface area contributed by atoms with Gasteiger partial charge in [0.25, 0.3) is 0 Å². The molecule has 0 amide bonds. The number of nitrogens with zero attached hydrogens (tertiary/aromatic N) is 2. The predicted molar refractivity (Wildman–Crippen MR) is 94.8 cm³/mol. The zero-order chi connectivity index (χ0) is 17.5. The molecule has 1 aliphatic carbocycles. The standard InChI is InChI=1S/C19H25F3N2S/c20-19(21,22)17-11-15(5-8-23-17)14-1-3-16(4-2-14)24-9-6-18(7-10-24)12-25-13-18/h5,8,11,14,16H,1-4,6-7,9-10,12-13H2. The van der Waals surface area contributed by atoms with Gasteiger partial charge < -0.3 is 4.90 Å². The number of hydrogen-bond donors (Lipinski definition) is 0. The Hall–Kier alpha value is -0.750. The van der Waals surface area contributed by atoms with Crippen molar-refractivity contribution >= 4 is 11.8 Å². The van der Waals surface area contributed by atoms with Gasteiger partial charge in [0.05, 0.1) is 0 Å². The smallest absolute Gasteiger partial charge is 0.300 e. The predicted octanol–water partition coefficient (Wildman–Crippen LogP) is 4.96. The Morgan fingerprint density at radius 1 is 1.08 bits per heavy atom. The molecule has 0 bridgehead atoms. The van der Waals surface area contributed by atoms with Crippen LogP contribution in [-0.4, -0.2) is 40.5 Å². The molecule has 6 heteroatoms. The molecule has 0 atom stereocenters. The van der Waals surface area contributed by atoms with Gasteiger partial charge in [-0.2, -0.15) is 24.9 Å². The van der Waals surface area contributed by atoms with Crippen LogP contribution in [0.4, 0.5) is 13.2 Å². The SMILES string of the molecule is FC(F)(F)c1cc(C2CCC(N3CCC4(CC3)CSC4)CC2)ccn1. The maximum atomic E-state index is 12.9. The van der Waals surface area contributed by atoms with Crippen LogP contribution in [0.5, 0.6) is 0 Å². The molecule has 2 nitrogen and oxygen atoms in total. The molecule has 1 aromatic heterocycles. The van der Waals surface area contributed by atoms with Crippen LogP contribution in [0, 0.1) is 5.41 Å². The summed E-state index contributed by atoms with van der Waals surface area (Å²) < 4.78 is 38.6. The van der Waals surface area contributed by atoms with Gasteiger partial charge in [-0.05, 0) is 92.1 Å². The van der Waals surface area contributed by atoms with Crippen molar-refractivity contribution in [1.82, 2.24) is 9.88 Å². The maximum absolute atomic E-state index is 12.9. The van der Waals surface area contributed by atoms with E-state index in [0.717, 1.165) is 31.2 Å². The second-order valence-electron chi connectivity index (χ2n) is 8.01. The third-order valence-corrected chi connectivity index (χ3v) is 8.07. The van der Waals surface area contributed by atoms with E-state index in [4.69, 9.17) is 0 Å². The fourth-order valence-electron chi connectivity index (χ4n) is 4.67. The van der Waals surface area contributed by atoms with Gasteiger partial charge in [-0.1, -0.05) is 0 Å². The second kappa shape index (κ2) is 6.76. The van der Waals surface area contributed by atoms with Crippen molar-refractivity contribution in [1.29, 1.82) is 0 Å². The van der Waals surface area contributed by atoms with Crippen LogP contribution in [0.2, 0.25) is 0 Å². The monoisotopic (exact) mass is 370 g/mol. The summed E-state index contributed by atoms with van der Waals surface area (Å²) in [4.78, 5) is 6.14. The Balaban J connectivity index is 1.33. The fraction of sp³-hybridized carbons (Fsp3) is 0.737. The number of piperidine rings is 1. The van der Waals surface area contributed by atoms with Crippen LogP contribution in [0.25, 0.3) is 0 Å². The Bertz CT molecular complexity index is 597. The topological polar surface area (TPSA) is 16.1 Å².